The maximum Gasteiger partial charge on any atom is 0.115 e. The third-order valence-corrected chi connectivity index (χ3v) is 4.64. The molecule has 2 nitrogen and oxygen atoms in total. The van der Waals surface area contributed by atoms with Gasteiger partial charge in [-0.2, -0.15) is 0 Å². The van der Waals surface area contributed by atoms with Crippen molar-refractivity contribution in [3.05, 3.63) is 34.9 Å². The number of thioether (sulfide) groups is 1. The van der Waals surface area contributed by atoms with Crippen LogP contribution in [0.2, 0.25) is 0 Å². The molecule has 72 valence electrons. The first-order chi connectivity index (χ1) is 6.93. The maximum absolute atomic E-state index is 5.15. The summed E-state index contributed by atoms with van der Waals surface area (Å²) in [5, 5.41) is 6.03. The van der Waals surface area contributed by atoms with Gasteiger partial charge in [0.05, 0.1) is 15.8 Å². The van der Waals surface area contributed by atoms with Gasteiger partial charge in [-0.15, -0.1) is 23.1 Å². The first-order valence-electron chi connectivity index (χ1n) is 4.43. The Morgan fingerprint density at radius 2 is 2.43 bits per heavy atom. The van der Waals surface area contributed by atoms with Crippen molar-refractivity contribution >= 4 is 28.8 Å². The topological polar surface area (TPSA) is 25.2 Å². The SMILES string of the molecule is c1csc(C2CNc3cocc3S2)c1. The molecule has 1 aliphatic heterocycles. The zero-order valence-electron chi connectivity index (χ0n) is 7.40. The van der Waals surface area contributed by atoms with E-state index >= 15 is 0 Å². The van der Waals surface area contributed by atoms with Crippen molar-refractivity contribution in [3.8, 4) is 0 Å². The zero-order chi connectivity index (χ0) is 9.38. The number of fused-ring (bicyclic) bond motifs is 1. The van der Waals surface area contributed by atoms with Crippen LogP contribution in [0.5, 0.6) is 0 Å². The molecule has 0 saturated heterocycles. The molecule has 1 unspecified atom stereocenters. The third kappa shape index (κ3) is 1.35. The minimum absolute atomic E-state index is 0.528. The van der Waals surface area contributed by atoms with Gasteiger partial charge in [0.2, 0.25) is 0 Å². The quantitative estimate of drug-likeness (QED) is 0.799. The summed E-state index contributed by atoms with van der Waals surface area (Å²) >= 11 is 3.69. The van der Waals surface area contributed by atoms with E-state index in [1.54, 1.807) is 6.26 Å². The van der Waals surface area contributed by atoms with E-state index in [9.17, 15) is 0 Å². The van der Waals surface area contributed by atoms with Crippen LogP contribution in [0.25, 0.3) is 0 Å². The molecule has 1 N–H and O–H groups in total. The number of furan rings is 1. The van der Waals surface area contributed by atoms with Gasteiger partial charge in [0.1, 0.15) is 12.5 Å². The standard InChI is InChI=1S/C10H9NOS2/c1-2-8(13-3-1)9-4-11-7-5-12-6-10(7)14-9/h1-3,5-6,9,11H,4H2. The van der Waals surface area contributed by atoms with E-state index in [4.69, 9.17) is 4.42 Å². The summed E-state index contributed by atoms with van der Waals surface area (Å²) < 4.78 is 5.15. The lowest BCUT2D eigenvalue weighted by Gasteiger charge is -2.21. The minimum atomic E-state index is 0.528. The third-order valence-electron chi connectivity index (χ3n) is 2.23. The average molecular weight is 223 g/mol. The lowest BCUT2D eigenvalue weighted by Crippen LogP contribution is -2.12. The summed E-state index contributed by atoms with van der Waals surface area (Å²) in [5.41, 5.74) is 1.13. The van der Waals surface area contributed by atoms with Crippen molar-refractivity contribution in [2.24, 2.45) is 0 Å². The molecule has 0 radical (unpaired) electrons. The monoisotopic (exact) mass is 223 g/mol. The highest BCUT2D eigenvalue weighted by molar-refractivity contribution is 8.00. The largest absolute Gasteiger partial charge is 0.469 e. The normalized spacial score (nSPS) is 20.1. The highest BCUT2D eigenvalue weighted by Gasteiger charge is 2.22. The molecular weight excluding hydrogens is 214 g/mol. The molecule has 0 aromatic carbocycles. The van der Waals surface area contributed by atoms with Crippen LogP contribution < -0.4 is 5.32 Å². The summed E-state index contributed by atoms with van der Waals surface area (Å²) in [6.45, 7) is 0.984. The van der Waals surface area contributed by atoms with Crippen molar-refractivity contribution in [3.63, 3.8) is 0 Å². The zero-order valence-corrected chi connectivity index (χ0v) is 9.03. The number of anilines is 1. The van der Waals surface area contributed by atoms with E-state index in [0.29, 0.717) is 5.25 Å². The van der Waals surface area contributed by atoms with Crippen molar-refractivity contribution in [1.29, 1.82) is 0 Å². The first kappa shape index (κ1) is 8.44. The molecule has 0 bridgehead atoms. The van der Waals surface area contributed by atoms with Gasteiger partial charge < -0.3 is 9.73 Å². The summed E-state index contributed by atoms with van der Waals surface area (Å²) in [6, 6.07) is 4.29. The van der Waals surface area contributed by atoms with E-state index in [1.165, 1.54) is 9.77 Å². The second kappa shape index (κ2) is 3.37. The molecule has 4 heteroatoms. The number of nitrogens with one attached hydrogen (secondary N) is 1. The molecule has 2 aromatic heterocycles. The Hall–Kier alpha value is -0.870. The van der Waals surface area contributed by atoms with Crippen LogP contribution in [0.15, 0.2) is 39.4 Å². The van der Waals surface area contributed by atoms with Gasteiger partial charge in [0.25, 0.3) is 0 Å². The Bertz CT molecular complexity index is 421. The molecule has 0 aliphatic carbocycles. The predicted molar refractivity (Wildman–Crippen MR) is 60.1 cm³/mol. The van der Waals surface area contributed by atoms with E-state index in [1.807, 2.05) is 29.4 Å². The molecule has 0 saturated carbocycles. The van der Waals surface area contributed by atoms with Crippen LogP contribution in [0.1, 0.15) is 10.1 Å². The molecule has 3 heterocycles. The maximum atomic E-state index is 5.15. The van der Waals surface area contributed by atoms with Crippen LogP contribution in [-0.4, -0.2) is 6.54 Å². The van der Waals surface area contributed by atoms with Gasteiger partial charge in [0.15, 0.2) is 0 Å². The van der Waals surface area contributed by atoms with Crippen LogP contribution in [-0.2, 0) is 0 Å². The number of thiophene rings is 1. The van der Waals surface area contributed by atoms with Gasteiger partial charge in [-0.1, -0.05) is 6.07 Å². The van der Waals surface area contributed by atoms with Gasteiger partial charge in [-0.3, -0.25) is 0 Å². The lowest BCUT2D eigenvalue weighted by molar-refractivity contribution is 0.562. The van der Waals surface area contributed by atoms with Crippen LogP contribution >= 0.6 is 23.1 Å². The molecule has 0 amide bonds. The Morgan fingerprint density at radius 3 is 3.29 bits per heavy atom. The van der Waals surface area contributed by atoms with Crippen LogP contribution in [0.3, 0.4) is 0 Å². The van der Waals surface area contributed by atoms with Crippen molar-refractivity contribution in [1.82, 2.24) is 0 Å². The fourth-order valence-corrected chi connectivity index (χ4v) is 3.58. The van der Waals surface area contributed by atoms with Gasteiger partial charge in [0, 0.05) is 11.4 Å². The molecule has 14 heavy (non-hydrogen) atoms. The molecule has 0 spiro atoms. The highest BCUT2D eigenvalue weighted by atomic mass is 32.2. The molecule has 0 fully saturated rings. The smallest absolute Gasteiger partial charge is 0.115 e. The van der Waals surface area contributed by atoms with E-state index in [-0.39, 0.29) is 0 Å². The molecule has 3 rings (SSSR count). The molecule has 1 atom stereocenters. The van der Waals surface area contributed by atoms with Gasteiger partial charge in [-0.05, 0) is 11.4 Å². The highest BCUT2D eigenvalue weighted by Crippen LogP contribution is 2.44. The number of hydrogen-bond donors (Lipinski definition) is 1. The van der Waals surface area contributed by atoms with E-state index in [0.717, 1.165) is 12.2 Å². The van der Waals surface area contributed by atoms with Crippen LogP contribution in [0, 0.1) is 0 Å². The number of rotatable bonds is 1. The lowest BCUT2D eigenvalue weighted by atomic mass is 10.3. The second-order valence-corrected chi connectivity index (χ2v) is 5.38. The summed E-state index contributed by atoms with van der Waals surface area (Å²) in [7, 11) is 0. The predicted octanol–water partition coefficient (Wildman–Crippen LogP) is 3.60. The van der Waals surface area contributed by atoms with Crippen molar-refractivity contribution < 1.29 is 4.42 Å². The summed E-state index contributed by atoms with van der Waals surface area (Å²) in [5.74, 6) is 0. The number of hydrogen-bond acceptors (Lipinski definition) is 4. The van der Waals surface area contributed by atoms with Crippen LogP contribution in [0.4, 0.5) is 5.69 Å². The Labute approximate surface area is 90.3 Å². The average Bonchev–Trinajstić information content (AvgIpc) is 2.88. The Kier molecular flexibility index (Phi) is 2.03. The van der Waals surface area contributed by atoms with Crippen molar-refractivity contribution in [2.75, 3.05) is 11.9 Å². The second-order valence-electron chi connectivity index (χ2n) is 3.15. The molecule has 2 aromatic rings. The van der Waals surface area contributed by atoms with E-state index in [2.05, 4.69) is 22.8 Å². The summed E-state index contributed by atoms with van der Waals surface area (Å²) in [6.07, 6.45) is 3.58. The molecular formula is C10H9NOS2. The van der Waals surface area contributed by atoms with Gasteiger partial charge in [-0.25, -0.2) is 0 Å². The van der Waals surface area contributed by atoms with Gasteiger partial charge >= 0.3 is 0 Å². The Morgan fingerprint density at radius 1 is 1.43 bits per heavy atom. The Balaban J connectivity index is 1.88. The fraction of sp³-hybridized carbons (Fsp3) is 0.200. The van der Waals surface area contributed by atoms with Crippen molar-refractivity contribution in [2.45, 2.75) is 10.1 Å². The van der Waals surface area contributed by atoms with E-state index < -0.39 is 0 Å². The first-order valence-corrected chi connectivity index (χ1v) is 6.19. The summed E-state index contributed by atoms with van der Waals surface area (Å²) in [4.78, 5) is 2.64. The molecule has 1 aliphatic rings. The fourth-order valence-electron chi connectivity index (χ4n) is 1.54. The minimum Gasteiger partial charge on any atom is -0.469 e.